The molecule has 32 heavy (non-hydrogen) atoms. The van der Waals surface area contributed by atoms with Crippen molar-refractivity contribution < 1.29 is 14.7 Å². The van der Waals surface area contributed by atoms with E-state index in [2.05, 4.69) is 31.1 Å². The Kier molecular flexibility index (Phi) is 7.72. The van der Waals surface area contributed by atoms with Crippen molar-refractivity contribution in [3.63, 3.8) is 0 Å². The molecule has 0 aliphatic carbocycles. The van der Waals surface area contributed by atoms with Crippen molar-refractivity contribution in [2.75, 3.05) is 6.54 Å². The minimum absolute atomic E-state index is 0.0461. The first-order valence-corrected chi connectivity index (χ1v) is 12.2. The molecule has 1 aliphatic heterocycles. The lowest BCUT2D eigenvalue weighted by Gasteiger charge is -2.28. The molecule has 0 unspecified atom stereocenters. The number of hydrogen-bond acceptors (Lipinski definition) is 5. The van der Waals surface area contributed by atoms with E-state index in [-0.39, 0.29) is 36.1 Å². The molecule has 0 saturated carbocycles. The summed E-state index contributed by atoms with van der Waals surface area (Å²) in [6.45, 7) is 11.0. The zero-order chi connectivity index (χ0) is 23.5. The molecule has 1 fully saturated rings. The van der Waals surface area contributed by atoms with Crippen LogP contribution in [-0.4, -0.2) is 45.5 Å². The molecule has 174 valence electrons. The molecular formula is C25H35N3O3S. The normalized spacial score (nSPS) is 19.8. The largest absolute Gasteiger partial charge is 0.391 e. The van der Waals surface area contributed by atoms with Crippen molar-refractivity contribution in [3.05, 3.63) is 41.0 Å². The Morgan fingerprint density at radius 3 is 2.56 bits per heavy atom. The van der Waals surface area contributed by atoms with Gasteiger partial charge in [-0.05, 0) is 36.3 Å². The van der Waals surface area contributed by atoms with Crippen molar-refractivity contribution in [1.29, 1.82) is 0 Å². The zero-order valence-electron chi connectivity index (χ0n) is 19.7. The number of likely N-dealkylation sites (tertiary alicyclic amines) is 1. The van der Waals surface area contributed by atoms with E-state index in [1.807, 2.05) is 43.6 Å². The minimum Gasteiger partial charge on any atom is -0.391 e. The molecule has 0 spiro atoms. The van der Waals surface area contributed by atoms with Gasteiger partial charge in [0, 0.05) is 25.4 Å². The molecule has 2 N–H and O–H groups in total. The monoisotopic (exact) mass is 457 g/mol. The fraction of sp³-hybridized carbons (Fsp3) is 0.560. The van der Waals surface area contributed by atoms with Gasteiger partial charge in [0.25, 0.3) is 0 Å². The molecule has 7 heteroatoms. The van der Waals surface area contributed by atoms with Crippen molar-refractivity contribution in [3.8, 4) is 10.4 Å². The van der Waals surface area contributed by atoms with Gasteiger partial charge in [-0.15, -0.1) is 11.3 Å². The Bertz CT molecular complexity index is 933. The van der Waals surface area contributed by atoms with Crippen LogP contribution in [0.1, 0.15) is 58.2 Å². The van der Waals surface area contributed by atoms with E-state index in [0.717, 1.165) is 34.5 Å². The summed E-state index contributed by atoms with van der Waals surface area (Å²) in [6, 6.07) is 7.45. The van der Waals surface area contributed by atoms with Gasteiger partial charge in [0.05, 0.1) is 22.2 Å². The van der Waals surface area contributed by atoms with Crippen LogP contribution >= 0.6 is 11.3 Å². The van der Waals surface area contributed by atoms with Gasteiger partial charge < -0.3 is 15.3 Å². The first kappa shape index (κ1) is 24.4. The summed E-state index contributed by atoms with van der Waals surface area (Å²) in [5, 5.41) is 13.1. The Morgan fingerprint density at radius 1 is 1.28 bits per heavy atom. The predicted octanol–water partition coefficient (Wildman–Crippen LogP) is 4.16. The maximum atomic E-state index is 13.0. The average Bonchev–Trinajstić information content (AvgIpc) is 3.35. The highest BCUT2D eigenvalue weighted by Gasteiger charge is 2.40. The number of thiazole rings is 1. The quantitative estimate of drug-likeness (QED) is 0.654. The van der Waals surface area contributed by atoms with Crippen LogP contribution in [0.3, 0.4) is 0 Å². The molecule has 3 atom stereocenters. The Morgan fingerprint density at radius 2 is 1.97 bits per heavy atom. The predicted molar refractivity (Wildman–Crippen MR) is 128 cm³/mol. The van der Waals surface area contributed by atoms with Crippen LogP contribution in [0.25, 0.3) is 10.4 Å². The van der Waals surface area contributed by atoms with Gasteiger partial charge in [0.1, 0.15) is 6.04 Å². The molecule has 1 aromatic carbocycles. The number of carbonyl (C=O) groups is 2. The number of amides is 2. The minimum atomic E-state index is -0.661. The molecular weight excluding hydrogens is 422 g/mol. The van der Waals surface area contributed by atoms with E-state index in [4.69, 9.17) is 0 Å². The topological polar surface area (TPSA) is 82.5 Å². The molecule has 6 nitrogen and oxygen atoms in total. The summed E-state index contributed by atoms with van der Waals surface area (Å²) < 4.78 is 0. The number of aliphatic hydroxyl groups is 1. The summed E-state index contributed by atoms with van der Waals surface area (Å²) in [5.74, 6) is -0.423. The molecule has 0 bridgehead atoms. The van der Waals surface area contributed by atoms with Gasteiger partial charge in [-0.1, -0.05) is 52.0 Å². The molecule has 1 saturated heterocycles. The summed E-state index contributed by atoms with van der Waals surface area (Å²) in [5.41, 5.74) is 5.10. The van der Waals surface area contributed by atoms with Crippen LogP contribution in [0.2, 0.25) is 0 Å². The van der Waals surface area contributed by atoms with Crippen LogP contribution in [0.15, 0.2) is 29.8 Å². The molecule has 2 amide bonds. The highest BCUT2D eigenvalue weighted by atomic mass is 32.1. The zero-order valence-corrected chi connectivity index (χ0v) is 20.5. The van der Waals surface area contributed by atoms with Crippen molar-refractivity contribution in [2.24, 2.45) is 11.3 Å². The number of carbonyl (C=O) groups excluding carboxylic acids is 2. The van der Waals surface area contributed by atoms with Crippen molar-refractivity contribution in [2.45, 2.75) is 72.6 Å². The number of nitrogens with one attached hydrogen (secondary N) is 1. The lowest BCUT2D eigenvalue weighted by molar-refractivity contribution is -0.141. The number of β-amino-alcohol motifs (C(OH)–C–C–N with tert-alkyl or cyclic N) is 1. The molecule has 0 radical (unpaired) electrons. The second-order valence-corrected chi connectivity index (χ2v) is 10.9. The lowest BCUT2D eigenvalue weighted by Crippen LogP contribution is -2.47. The highest BCUT2D eigenvalue weighted by Crippen LogP contribution is 2.28. The fourth-order valence-corrected chi connectivity index (χ4v) is 4.83. The van der Waals surface area contributed by atoms with Crippen LogP contribution in [0, 0.1) is 18.3 Å². The third-order valence-electron chi connectivity index (χ3n) is 6.04. The first-order valence-electron chi connectivity index (χ1n) is 11.3. The summed E-state index contributed by atoms with van der Waals surface area (Å²) in [7, 11) is 0. The van der Waals surface area contributed by atoms with Crippen LogP contribution in [-0.2, 0) is 16.1 Å². The van der Waals surface area contributed by atoms with E-state index in [1.54, 1.807) is 16.2 Å². The van der Waals surface area contributed by atoms with Gasteiger partial charge >= 0.3 is 0 Å². The van der Waals surface area contributed by atoms with Crippen LogP contribution in [0.4, 0.5) is 0 Å². The maximum absolute atomic E-state index is 13.0. The van der Waals surface area contributed by atoms with Gasteiger partial charge in [-0.25, -0.2) is 4.98 Å². The van der Waals surface area contributed by atoms with E-state index >= 15 is 0 Å². The molecule has 2 heterocycles. The van der Waals surface area contributed by atoms with Gasteiger partial charge in [0.2, 0.25) is 11.8 Å². The van der Waals surface area contributed by atoms with E-state index in [0.29, 0.717) is 6.54 Å². The third kappa shape index (κ3) is 6.17. The van der Waals surface area contributed by atoms with E-state index in [9.17, 15) is 14.7 Å². The van der Waals surface area contributed by atoms with Crippen molar-refractivity contribution in [1.82, 2.24) is 15.2 Å². The number of benzene rings is 1. The van der Waals surface area contributed by atoms with Gasteiger partial charge in [-0.2, -0.15) is 0 Å². The van der Waals surface area contributed by atoms with Crippen molar-refractivity contribution >= 4 is 23.2 Å². The van der Waals surface area contributed by atoms with E-state index < -0.39 is 12.1 Å². The first-order chi connectivity index (χ1) is 15.0. The summed E-state index contributed by atoms with van der Waals surface area (Å²) >= 11 is 1.61. The SMILES string of the molecule is Cc1ncsc1-c1ccc(CNC(=O)[C@@H]2C[C@@H](O)CN2C(=O)[C@@H](C)CCC(C)(C)C)cc1. The second kappa shape index (κ2) is 10.1. The molecule has 3 rings (SSSR count). The third-order valence-corrected chi connectivity index (χ3v) is 7.02. The van der Waals surface area contributed by atoms with E-state index in [1.165, 1.54) is 0 Å². The van der Waals surface area contributed by atoms with Crippen LogP contribution < -0.4 is 5.32 Å². The number of hydrogen-bond donors (Lipinski definition) is 2. The number of nitrogens with zero attached hydrogens (tertiary/aromatic N) is 2. The second-order valence-electron chi connectivity index (χ2n) is 10.1. The standard InChI is InChI=1S/C25H35N3O3S/c1-16(10-11-25(3,4)5)24(31)28-14-20(29)12-21(28)23(30)26-13-18-6-8-19(9-7-18)22-17(2)27-15-32-22/h6-9,15-16,20-21,29H,10-14H2,1-5H3,(H,26,30)/t16-,20+,21-/m0/s1. The number of aliphatic hydroxyl groups excluding tert-OH is 1. The Hall–Kier alpha value is -2.25. The molecule has 1 aromatic heterocycles. The molecule has 1 aliphatic rings. The Balaban J connectivity index is 1.58. The number of aryl methyl sites for hydroxylation is 1. The summed E-state index contributed by atoms with van der Waals surface area (Å²) in [6.07, 6.45) is 1.33. The summed E-state index contributed by atoms with van der Waals surface area (Å²) in [4.78, 5) is 32.9. The number of rotatable bonds is 7. The average molecular weight is 458 g/mol. The van der Waals surface area contributed by atoms with Gasteiger partial charge in [0.15, 0.2) is 0 Å². The Labute approximate surface area is 195 Å². The molecule has 2 aromatic rings. The van der Waals surface area contributed by atoms with Crippen LogP contribution in [0.5, 0.6) is 0 Å². The lowest BCUT2D eigenvalue weighted by atomic mass is 9.87. The maximum Gasteiger partial charge on any atom is 0.243 e. The highest BCUT2D eigenvalue weighted by molar-refractivity contribution is 7.13. The van der Waals surface area contributed by atoms with Gasteiger partial charge in [-0.3, -0.25) is 9.59 Å². The number of aromatic nitrogens is 1. The smallest absolute Gasteiger partial charge is 0.243 e. The fourth-order valence-electron chi connectivity index (χ4n) is 4.02.